The fourth-order valence-corrected chi connectivity index (χ4v) is 0.745. The van der Waals surface area contributed by atoms with E-state index < -0.39 is 11.8 Å². The second-order valence-corrected chi connectivity index (χ2v) is 3.02. The van der Waals surface area contributed by atoms with E-state index in [0.29, 0.717) is 0 Å². The van der Waals surface area contributed by atoms with Crippen LogP contribution in [0.25, 0.3) is 0 Å². The van der Waals surface area contributed by atoms with E-state index >= 15 is 0 Å². The molecule has 0 aromatic rings. The monoisotopic (exact) mass is 199 g/mol. The number of Topliss-reactive ketones (excluding diaryl/α,β-unsaturated/α-hetero) is 1. The molecular weight excluding hydrogens is 186 g/mol. The second-order valence-electron chi connectivity index (χ2n) is 3.02. The third-order valence-electron chi connectivity index (χ3n) is 1.62. The van der Waals surface area contributed by atoms with E-state index in [-0.39, 0.29) is 18.4 Å². The number of ether oxygens (including phenoxy) is 1. The van der Waals surface area contributed by atoms with E-state index in [9.17, 15) is 9.59 Å². The zero-order valence-corrected chi connectivity index (χ0v) is 8.28. The molecule has 14 heavy (non-hydrogen) atoms. The normalized spacial score (nSPS) is 16.3. The average molecular weight is 199 g/mol. The van der Waals surface area contributed by atoms with Crippen LogP contribution in [0.3, 0.4) is 0 Å². The third kappa shape index (κ3) is 3.16. The molecule has 0 radical (unpaired) electrons. The summed E-state index contributed by atoms with van der Waals surface area (Å²) in [5.41, 5.74) is -0.265. The van der Waals surface area contributed by atoms with Gasteiger partial charge in [0.2, 0.25) is 5.71 Å². The van der Waals surface area contributed by atoms with Crippen molar-refractivity contribution in [1.82, 2.24) is 0 Å². The van der Waals surface area contributed by atoms with Gasteiger partial charge >= 0.3 is 5.97 Å². The summed E-state index contributed by atoms with van der Waals surface area (Å²) in [7, 11) is 0. The van der Waals surface area contributed by atoms with Crippen LogP contribution in [-0.4, -0.2) is 30.2 Å². The summed E-state index contributed by atoms with van der Waals surface area (Å²) in [5, 5.41) is 3.50. The van der Waals surface area contributed by atoms with Gasteiger partial charge in [-0.1, -0.05) is 5.16 Å². The second kappa shape index (κ2) is 4.74. The molecule has 0 saturated heterocycles. The van der Waals surface area contributed by atoms with Crippen LogP contribution in [0.2, 0.25) is 0 Å². The molecule has 1 aliphatic carbocycles. The van der Waals surface area contributed by atoms with Crippen molar-refractivity contribution in [2.24, 2.45) is 5.16 Å². The van der Waals surface area contributed by atoms with E-state index in [1.165, 1.54) is 6.92 Å². The lowest BCUT2D eigenvalue weighted by atomic mass is 10.3. The highest BCUT2D eigenvalue weighted by Crippen LogP contribution is 2.23. The van der Waals surface area contributed by atoms with Crippen LogP contribution >= 0.6 is 0 Å². The summed E-state index contributed by atoms with van der Waals surface area (Å²) < 4.78 is 4.65. The molecule has 0 N–H and O–H groups in total. The van der Waals surface area contributed by atoms with Crippen LogP contribution in [0, 0.1) is 0 Å². The maximum atomic E-state index is 11.2. The van der Waals surface area contributed by atoms with E-state index in [1.807, 2.05) is 0 Å². The van der Waals surface area contributed by atoms with Crippen molar-refractivity contribution in [2.45, 2.75) is 32.8 Å². The summed E-state index contributed by atoms with van der Waals surface area (Å²) in [6.45, 7) is 3.14. The van der Waals surface area contributed by atoms with Gasteiger partial charge in [-0.2, -0.15) is 0 Å². The zero-order valence-electron chi connectivity index (χ0n) is 8.28. The van der Waals surface area contributed by atoms with Gasteiger partial charge in [0, 0.05) is 6.92 Å². The lowest BCUT2D eigenvalue weighted by Gasteiger charge is -2.01. The van der Waals surface area contributed by atoms with Crippen LogP contribution < -0.4 is 0 Å². The minimum atomic E-state index is -0.722. The molecule has 0 spiro atoms. The molecule has 0 unspecified atom stereocenters. The average Bonchev–Trinajstić information content (AvgIpc) is 2.88. The number of carbonyl (C=O) groups is 2. The van der Waals surface area contributed by atoms with Crippen molar-refractivity contribution in [3.63, 3.8) is 0 Å². The van der Waals surface area contributed by atoms with Crippen LogP contribution in [0.5, 0.6) is 0 Å². The Bertz CT molecular complexity index is 268. The SMILES string of the molecule is CCOC(=O)C(=NOC1CC1)C(C)=O. The quantitative estimate of drug-likeness (QED) is 0.282. The van der Waals surface area contributed by atoms with Gasteiger partial charge in [0.15, 0.2) is 5.78 Å². The standard InChI is InChI=1S/C9H13NO4/c1-3-13-9(12)8(6(2)11)10-14-7-4-5-7/h7H,3-5H2,1-2H3. The largest absolute Gasteiger partial charge is 0.461 e. The third-order valence-corrected chi connectivity index (χ3v) is 1.62. The van der Waals surface area contributed by atoms with Crippen LogP contribution in [0.4, 0.5) is 0 Å². The minimum absolute atomic E-state index is 0.0683. The summed E-state index contributed by atoms with van der Waals surface area (Å²) in [6, 6.07) is 0. The Balaban J connectivity index is 2.56. The van der Waals surface area contributed by atoms with E-state index in [0.717, 1.165) is 12.8 Å². The number of oxime groups is 1. The molecule has 78 valence electrons. The van der Waals surface area contributed by atoms with Crippen LogP contribution in [-0.2, 0) is 19.2 Å². The van der Waals surface area contributed by atoms with Crippen molar-refractivity contribution in [2.75, 3.05) is 6.61 Å². The minimum Gasteiger partial charge on any atom is -0.461 e. The molecule has 0 aromatic carbocycles. The number of hydrogen-bond donors (Lipinski definition) is 0. The molecule has 1 saturated carbocycles. The van der Waals surface area contributed by atoms with Gasteiger partial charge in [-0.05, 0) is 19.8 Å². The molecule has 1 rings (SSSR count). The Morgan fingerprint density at radius 2 is 2.07 bits per heavy atom. The molecular formula is C9H13NO4. The van der Waals surface area contributed by atoms with Gasteiger partial charge in [0.05, 0.1) is 6.61 Å². The van der Waals surface area contributed by atoms with Gasteiger partial charge < -0.3 is 9.57 Å². The molecule has 0 amide bonds. The summed E-state index contributed by atoms with van der Waals surface area (Å²) in [6.07, 6.45) is 1.92. The molecule has 0 aromatic heterocycles. The van der Waals surface area contributed by atoms with Crippen molar-refractivity contribution in [1.29, 1.82) is 0 Å². The lowest BCUT2D eigenvalue weighted by Crippen LogP contribution is -2.24. The highest BCUT2D eigenvalue weighted by atomic mass is 16.6. The van der Waals surface area contributed by atoms with Gasteiger partial charge in [-0.15, -0.1) is 0 Å². The maximum Gasteiger partial charge on any atom is 0.364 e. The van der Waals surface area contributed by atoms with Gasteiger partial charge in [-0.25, -0.2) is 4.79 Å². The first-order chi connectivity index (χ1) is 6.65. The fourth-order valence-electron chi connectivity index (χ4n) is 0.745. The van der Waals surface area contributed by atoms with Crippen molar-refractivity contribution >= 4 is 17.5 Å². The molecule has 0 atom stereocenters. The Hall–Kier alpha value is -1.39. The molecule has 0 bridgehead atoms. The van der Waals surface area contributed by atoms with Crippen molar-refractivity contribution in [3.8, 4) is 0 Å². The van der Waals surface area contributed by atoms with E-state index in [1.54, 1.807) is 6.92 Å². The summed E-state index contributed by atoms with van der Waals surface area (Å²) in [4.78, 5) is 27.1. The predicted molar refractivity (Wildman–Crippen MR) is 48.9 cm³/mol. The van der Waals surface area contributed by atoms with Crippen LogP contribution in [0.1, 0.15) is 26.7 Å². The van der Waals surface area contributed by atoms with Gasteiger partial charge in [0.1, 0.15) is 6.10 Å². The van der Waals surface area contributed by atoms with E-state index in [4.69, 9.17) is 4.84 Å². The number of rotatable bonds is 5. The van der Waals surface area contributed by atoms with Gasteiger partial charge in [-0.3, -0.25) is 4.79 Å². The Labute approximate surface area is 82.1 Å². The Morgan fingerprint density at radius 3 is 2.50 bits per heavy atom. The van der Waals surface area contributed by atoms with Crippen molar-refractivity contribution in [3.05, 3.63) is 0 Å². The smallest absolute Gasteiger partial charge is 0.364 e. The Kier molecular flexibility index (Phi) is 3.62. The molecule has 0 aliphatic heterocycles. The summed E-state index contributed by atoms with van der Waals surface area (Å²) in [5.74, 6) is -1.16. The zero-order chi connectivity index (χ0) is 10.6. The fraction of sp³-hybridized carbons (Fsp3) is 0.667. The molecule has 5 nitrogen and oxygen atoms in total. The first kappa shape index (κ1) is 10.7. The molecule has 1 aliphatic rings. The number of carbonyl (C=O) groups excluding carboxylic acids is 2. The first-order valence-corrected chi connectivity index (χ1v) is 4.57. The number of hydrogen-bond acceptors (Lipinski definition) is 5. The van der Waals surface area contributed by atoms with Crippen LogP contribution in [0.15, 0.2) is 5.16 Å². The Morgan fingerprint density at radius 1 is 1.43 bits per heavy atom. The number of nitrogens with zero attached hydrogens (tertiary/aromatic N) is 1. The highest BCUT2D eigenvalue weighted by molar-refractivity contribution is 6.63. The van der Waals surface area contributed by atoms with Gasteiger partial charge in [0.25, 0.3) is 0 Å². The topological polar surface area (TPSA) is 65.0 Å². The molecule has 1 fully saturated rings. The number of ketones is 1. The van der Waals surface area contributed by atoms with E-state index in [2.05, 4.69) is 9.89 Å². The maximum absolute atomic E-state index is 11.2. The molecule has 0 heterocycles. The predicted octanol–water partition coefficient (Wildman–Crippen LogP) is 0.673. The summed E-state index contributed by atoms with van der Waals surface area (Å²) >= 11 is 0. The number of esters is 1. The first-order valence-electron chi connectivity index (χ1n) is 4.57. The highest BCUT2D eigenvalue weighted by Gasteiger charge is 2.26. The van der Waals surface area contributed by atoms with Crippen molar-refractivity contribution < 1.29 is 19.2 Å². The molecule has 5 heteroatoms. The lowest BCUT2D eigenvalue weighted by molar-refractivity contribution is -0.136.